The van der Waals surface area contributed by atoms with Crippen molar-refractivity contribution < 1.29 is 0 Å². The van der Waals surface area contributed by atoms with E-state index in [1.54, 1.807) is 0 Å². The van der Waals surface area contributed by atoms with E-state index in [4.69, 9.17) is 0 Å². The molecule has 2 aromatic carbocycles. The molecule has 0 unspecified atom stereocenters. The number of fused-ring (bicyclic) bond motifs is 1. The molecule has 0 saturated heterocycles. The van der Waals surface area contributed by atoms with E-state index in [1.807, 2.05) is 67.2 Å². The van der Waals surface area contributed by atoms with Crippen LogP contribution >= 0.6 is 0 Å². The van der Waals surface area contributed by atoms with Crippen molar-refractivity contribution >= 4 is 17.1 Å². The molecule has 0 radical (unpaired) electrons. The van der Waals surface area contributed by atoms with Gasteiger partial charge in [-0.25, -0.2) is 4.68 Å². The second kappa shape index (κ2) is 6.02. The summed E-state index contributed by atoms with van der Waals surface area (Å²) >= 11 is 0. The van der Waals surface area contributed by atoms with Crippen LogP contribution in [0.1, 0.15) is 18.2 Å². The number of para-hydroxylation sites is 2. The molecule has 0 aliphatic carbocycles. The van der Waals surface area contributed by atoms with Crippen molar-refractivity contribution in [2.75, 3.05) is 0 Å². The van der Waals surface area contributed by atoms with Crippen molar-refractivity contribution in [1.82, 2.24) is 9.36 Å². The van der Waals surface area contributed by atoms with E-state index in [0.29, 0.717) is 0 Å². The summed E-state index contributed by atoms with van der Waals surface area (Å²) in [5.74, 6) is 0. The van der Waals surface area contributed by atoms with E-state index in [-0.39, 0.29) is 0 Å². The van der Waals surface area contributed by atoms with Gasteiger partial charge in [-0.15, -0.1) is 10.2 Å². The molecule has 3 aromatic rings. The number of aryl methyl sites for hydroxylation is 1. The molecule has 0 fully saturated rings. The van der Waals surface area contributed by atoms with Gasteiger partial charge in [0, 0.05) is 24.4 Å². The smallest absolute Gasteiger partial charge is 0.176 e. The highest BCUT2D eigenvalue weighted by Gasteiger charge is 2.18. The molecule has 124 valence electrons. The maximum atomic E-state index is 4.56. The highest BCUT2D eigenvalue weighted by Crippen LogP contribution is 2.26. The highest BCUT2D eigenvalue weighted by molar-refractivity contribution is 6.51. The Morgan fingerprint density at radius 2 is 1.60 bits per heavy atom. The first-order chi connectivity index (χ1) is 12.1. The molecule has 0 amide bonds. The Kier molecular flexibility index (Phi) is 3.69. The quantitative estimate of drug-likeness (QED) is 0.646. The van der Waals surface area contributed by atoms with Gasteiger partial charge in [-0.3, -0.25) is 9.67 Å². The maximum Gasteiger partial charge on any atom is 0.176 e. The number of nitrogens with zero attached hydrogens (tertiary/aromatic N) is 5. The van der Waals surface area contributed by atoms with Crippen molar-refractivity contribution in [1.29, 1.82) is 0 Å². The normalized spacial score (nSPS) is 15.6. The standard InChI is InChI=1S/C20H19N5/c1-14-13-19(25(24(14)3)16-9-5-4-6-10-16)22-23-20-15(2)21-18-12-8-7-11-17(18)20/h4-13H,1-3H3/b22-19-,23-20-. The monoisotopic (exact) mass is 329 g/mol. The molecular weight excluding hydrogens is 310 g/mol. The van der Waals surface area contributed by atoms with Crippen LogP contribution in [0.3, 0.4) is 0 Å². The molecule has 5 heteroatoms. The average molecular weight is 329 g/mol. The molecule has 2 heterocycles. The number of rotatable bonds is 2. The van der Waals surface area contributed by atoms with Gasteiger partial charge < -0.3 is 0 Å². The second-order valence-electron chi connectivity index (χ2n) is 6.08. The van der Waals surface area contributed by atoms with E-state index >= 15 is 0 Å². The average Bonchev–Trinajstić information content (AvgIpc) is 3.10. The summed E-state index contributed by atoms with van der Waals surface area (Å²) in [6.45, 7) is 4.03. The number of hydrogen-bond acceptors (Lipinski definition) is 3. The Morgan fingerprint density at radius 3 is 2.40 bits per heavy atom. The van der Waals surface area contributed by atoms with Crippen LogP contribution in [0.5, 0.6) is 0 Å². The lowest BCUT2D eigenvalue weighted by Crippen LogP contribution is -2.20. The van der Waals surface area contributed by atoms with Crippen molar-refractivity contribution in [3.8, 4) is 5.69 Å². The van der Waals surface area contributed by atoms with Crippen LogP contribution in [-0.4, -0.2) is 20.8 Å². The molecule has 4 rings (SSSR count). The zero-order valence-corrected chi connectivity index (χ0v) is 14.5. The van der Waals surface area contributed by atoms with E-state index in [0.717, 1.165) is 39.5 Å². The largest absolute Gasteiger partial charge is 0.287 e. The lowest BCUT2D eigenvalue weighted by atomic mass is 10.1. The minimum Gasteiger partial charge on any atom is -0.287 e. The summed E-state index contributed by atoms with van der Waals surface area (Å²) in [5.41, 5.74) is 6.66. The highest BCUT2D eigenvalue weighted by atomic mass is 15.4. The first-order valence-corrected chi connectivity index (χ1v) is 8.23. The molecule has 0 N–H and O–H groups in total. The molecule has 5 nitrogen and oxygen atoms in total. The van der Waals surface area contributed by atoms with Gasteiger partial charge in [0.25, 0.3) is 0 Å². The summed E-state index contributed by atoms with van der Waals surface area (Å²) in [6, 6.07) is 20.2. The molecule has 1 aliphatic rings. The third-order valence-electron chi connectivity index (χ3n) is 4.41. The van der Waals surface area contributed by atoms with Crippen molar-refractivity contribution in [2.24, 2.45) is 22.2 Å². The fourth-order valence-electron chi connectivity index (χ4n) is 3.03. The van der Waals surface area contributed by atoms with Crippen LogP contribution in [0.25, 0.3) is 5.69 Å². The van der Waals surface area contributed by atoms with Crippen LogP contribution in [0.2, 0.25) is 0 Å². The van der Waals surface area contributed by atoms with Gasteiger partial charge in [-0.05, 0) is 32.0 Å². The van der Waals surface area contributed by atoms with Crippen LogP contribution in [-0.2, 0) is 7.05 Å². The predicted molar refractivity (Wildman–Crippen MR) is 101 cm³/mol. The number of hydrogen-bond donors (Lipinski definition) is 0. The van der Waals surface area contributed by atoms with Gasteiger partial charge in [0.15, 0.2) is 5.49 Å². The molecule has 0 spiro atoms. The SMILES string of the molecule is CC1=Nc2ccccc2/C1=N\N=c1\cc(C)n(C)n1-c1ccccc1. The predicted octanol–water partition coefficient (Wildman–Crippen LogP) is 3.54. The Morgan fingerprint density at radius 1 is 0.880 bits per heavy atom. The van der Waals surface area contributed by atoms with Crippen molar-refractivity contribution in [2.45, 2.75) is 13.8 Å². The molecule has 0 bridgehead atoms. The third kappa shape index (κ3) is 2.63. The van der Waals surface area contributed by atoms with Crippen LogP contribution < -0.4 is 5.49 Å². The lowest BCUT2D eigenvalue weighted by Gasteiger charge is -2.09. The fraction of sp³-hybridized carbons (Fsp3) is 0.150. The second-order valence-corrected chi connectivity index (χ2v) is 6.08. The van der Waals surface area contributed by atoms with Crippen molar-refractivity contribution in [3.63, 3.8) is 0 Å². The number of aromatic nitrogens is 2. The molecule has 1 aliphatic heterocycles. The first kappa shape index (κ1) is 15.3. The minimum absolute atomic E-state index is 0.788. The Bertz CT molecular complexity index is 1060. The summed E-state index contributed by atoms with van der Waals surface area (Å²) in [5, 5.41) is 9.08. The van der Waals surface area contributed by atoms with E-state index in [1.165, 1.54) is 0 Å². The molecule has 1 aromatic heterocycles. The molecular formula is C20H19N5. The van der Waals surface area contributed by atoms with Gasteiger partial charge in [-0.1, -0.05) is 36.4 Å². The summed E-state index contributed by atoms with van der Waals surface area (Å²) < 4.78 is 4.12. The minimum atomic E-state index is 0.788. The Balaban J connectivity index is 1.87. The maximum absolute atomic E-state index is 4.56. The fourth-order valence-corrected chi connectivity index (χ4v) is 3.03. The molecule has 0 saturated carbocycles. The number of aliphatic imine (C=N–C) groups is 1. The topological polar surface area (TPSA) is 46.9 Å². The van der Waals surface area contributed by atoms with Crippen LogP contribution in [0, 0.1) is 6.92 Å². The van der Waals surface area contributed by atoms with E-state index in [2.05, 4.69) is 38.9 Å². The van der Waals surface area contributed by atoms with E-state index in [9.17, 15) is 0 Å². The van der Waals surface area contributed by atoms with Gasteiger partial charge in [0.1, 0.15) is 5.71 Å². The summed E-state index contributed by atoms with van der Waals surface area (Å²) in [6.07, 6.45) is 0. The van der Waals surface area contributed by atoms with Gasteiger partial charge in [0.05, 0.1) is 17.1 Å². The Hall–Kier alpha value is -3.21. The summed E-state index contributed by atoms with van der Waals surface area (Å²) in [7, 11) is 2.02. The molecule has 0 atom stereocenters. The van der Waals surface area contributed by atoms with Crippen molar-refractivity contribution in [3.05, 3.63) is 77.4 Å². The zero-order valence-electron chi connectivity index (χ0n) is 14.5. The molecule has 25 heavy (non-hydrogen) atoms. The van der Waals surface area contributed by atoms with E-state index < -0.39 is 0 Å². The zero-order chi connectivity index (χ0) is 17.4. The van der Waals surface area contributed by atoms with Gasteiger partial charge in [-0.2, -0.15) is 0 Å². The van der Waals surface area contributed by atoms with Gasteiger partial charge in [0.2, 0.25) is 0 Å². The number of benzene rings is 2. The third-order valence-corrected chi connectivity index (χ3v) is 4.41. The van der Waals surface area contributed by atoms with Crippen LogP contribution in [0.15, 0.2) is 75.9 Å². The Labute approximate surface area is 146 Å². The first-order valence-electron chi connectivity index (χ1n) is 8.23. The van der Waals surface area contributed by atoms with Gasteiger partial charge >= 0.3 is 0 Å². The lowest BCUT2D eigenvalue weighted by molar-refractivity contribution is 0.621. The van der Waals surface area contributed by atoms with Crippen LogP contribution in [0.4, 0.5) is 5.69 Å². The summed E-state index contributed by atoms with van der Waals surface area (Å²) in [4.78, 5) is 4.56.